The largest absolute Gasteiger partial charge is 0.345 e. The van der Waals surface area contributed by atoms with Crippen molar-refractivity contribution in [3.8, 4) is 0 Å². The highest BCUT2D eigenvalue weighted by atomic mass is 35.5. The molecule has 0 aliphatic heterocycles. The molecule has 0 saturated heterocycles. The molecule has 0 saturated carbocycles. The highest BCUT2D eigenvalue weighted by Gasteiger charge is 2.06. The standard InChI is InChI=1S/C9H16ClN3/c1-2-3-4-8-12-7(5-6-11)9(10)13-8/h2-6,11H2,1H3,(H,12,13). The maximum absolute atomic E-state index is 5.90. The number of nitrogens with zero attached hydrogens (tertiary/aromatic N) is 1. The number of aromatic nitrogens is 2. The molecule has 0 unspecified atom stereocenters. The van der Waals surface area contributed by atoms with Crippen LogP contribution >= 0.6 is 11.6 Å². The molecule has 1 aromatic rings. The minimum atomic E-state index is 0.580. The first kappa shape index (κ1) is 10.5. The third-order valence-electron chi connectivity index (χ3n) is 1.94. The smallest absolute Gasteiger partial charge is 0.150 e. The number of aryl methyl sites for hydroxylation is 1. The fourth-order valence-corrected chi connectivity index (χ4v) is 1.46. The van der Waals surface area contributed by atoms with E-state index < -0.39 is 0 Å². The molecular weight excluding hydrogens is 186 g/mol. The minimum absolute atomic E-state index is 0.580. The summed E-state index contributed by atoms with van der Waals surface area (Å²) in [5, 5.41) is 0.580. The normalized spacial score (nSPS) is 10.7. The van der Waals surface area contributed by atoms with E-state index in [9.17, 15) is 0 Å². The van der Waals surface area contributed by atoms with E-state index in [-0.39, 0.29) is 0 Å². The van der Waals surface area contributed by atoms with E-state index in [1.165, 1.54) is 6.42 Å². The van der Waals surface area contributed by atoms with Gasteiger partial charge in [0.2, 0.25) is 0 Å². The number of unbranched alkanes of at least 4 members (excludes halogenated alkanes) is 1. The van der Waals surface area contributed by atoms with Crippen LogP contribution in [-0.2, 0) is 12.8 Å². The zero-order valence-corrected chi connectivity index (χ0v) is 8.69. The third kappa shape index (κ3) is 3.01. The summed E-state index contributed by atoms with van der Waals surface area (Å²) < 4.78 is 0. The van der Waals surface area contributed by atoms with Crippen LogP contribution in [0.2, 0.25) is 5.15 Å². The molecule has 74 valence electrons. The molecule has 0 aromatic carbocycles. The fraction of sp³-hybridized carbons (Fsp3) is 0.667. The molecule has 0 radical (unpaired) electrons. The highest BCUT2D eigenvalue weighted by molar-refractivity contribution is 6.30. The summed E-state index contributed by atoms with van der Waals surface area (Å²) in [6.07, 6.45) is 4.06. The Bertz CT molecular complexity index is 257. The summed E-state index contributed by atoms with van der Waals surface area (Å²) >= 11 is 5.90. The van der Waals surface area contributed by atoms with Gasteiger partial charge >= 0.3 is 0 Å². The van der Waals surface area contributed by atoms with E-state index >= 15 is 0 Å². The Morgan fingerprint density at radius 1 is 1.46 bits per heavy atom. The van der Waals surface area contributed by atoms with Gasteiger partial charge in [0.25, 0.3) is 0 Å². The number of aromatic amines is 1. The lowest BCUT2D eigenvalue weighted by atomic mass is 10.2. The quantitative estimate of drug-likeness (QED) is 0.765. The van der Waals surface area contributed by atoms with E-state index in [4.69, 9.17) is 17.3 Å². The number of nitrogens with one attached hydrogen (secondary N) is 1. The Morgan fingerprint density at radius 2 is 2.23 bits per heavy atom. The van der Waals surface area contributed by atoms with Gasteiger partial charge < -0.3 is 10.7 Å². The first-order chi connectivity index (χ1) is 6.27. The zero-order chi connectivity index (χ0) is 9.68. The summed E-state index contributed by atoms with van der Waals surface area (Å²) in [7, 11) is 0. The van der Waals surface area contributed by atoms with E-state index in [1.807, 2.05) is 0 Å². The van der Waals surface area contributed by atoms with Crippen LogP contribution < -0.4 is 5.73 Å². The Balaban J connectivity index is 2.59. The second kappa shape index (κ2) is 5.25. The van der Waals surface area contributed by atoms with Crippen molar-refractivity contribution in [2.45, 2.75) is 32.6 Å². The summed E-state index contributed by atoms with van der Waals surface area (Å²) in [6.45, 7) is 2.76. The van der Waals surface area contributed by atoms with Crippen molar-refractivity contribution < 1.29 is 0 Å². The van der Waals surface area contributed by atoms with Gasteiger partial charge in [0.1, 0.15) is 11.0 Å². The topological polar surface area (TPSA) is 54.7 Å². The molecule has 0 atom stereocenters. The molecule has 0 bridgehead atoms. The lowest BCUT2D eigenvalue weighted by molar-refractivity contribution is 0.759. The van der Waals surface area contributed by atoms with E-state index in [0.717, 1.165) is 30.8 Å². The Morgan fingerprint density at radius 3 is 2.85 bits per heavy atom. The number of rotatable bonds is 5. The second-order valence-corrected chi connectivity index (χ2v) is 3.45. The van der Waals surface area contributed by atoms with Crippen molar-refractivity contribution >= 4 is 11.6 Å². The summed E-state index contributed by atoms with van der Waals surface area (Å²) in [5.41, 5.74) is 6.40. The van der Waals surface area contributed by atoms with Crippen molar-refractivity contribution in [1.29, 1.82) is 0 Å². The number of H-pyrrole nitrogens is 1. The molecule has 0 aliphatic carbocycles. The van der Waals surface area contributed by atoms with Gasteiger partial charge in [0.05, 0.1) is 5.69 Å². The van der Waals surface area contributed by atoms with Gasteiger partial charge in [-0.15, -0.1) is 0 Å². The predicted molar refractivity (Wildman–Crippen MR) is 55.0 cm³/mol. The molecule has 4 heteroatoms. The number of hydrogen-bond acceptors (Lipinski definition) is 2. The van der Waals surface area contributed by atoms with Crippen LogP contribution in [0.1, 0.15) is 31.3 Å². The number of nitrogens with two attached hydrogens (primary N) is 1. The second-order valence-electron chi connectivity index (χ2n) is 3.10. The molecule has 1 rings (SSSR count). The first-order valence-electron chi connectivity index (χ1n) is 4.71. The maximum atomic E-state index is 5.90. The van der Waals surface area contributed by atoms with Crippen LogP contribution in [0.4, 0.5) is 0 Å². The van der Waals surface area contributed by atoms with E-state index in [1.54, 1.807) is 0 Å². The minimum Gasteiger partial charge on any atom is -0.345 e. The SMILES string of the molecule is CCCCc1nc(Cl)c(CCN)[nH]1. The highest BCUT2D eigenvalue weighted by Crippen LogP contribution is 2.14. The monoisotopic (exact) mass is 201 g/mol. The van der Waals surface area contributed by atoms with E-state index in [2.05, 4.69) is 16.9 Å². The van der Waals surface area contributed by atoms with Crippen molar-refractivity contribution in [3.05, 3.63) is 16.7 Å². The van der Waals surface area contributed by atoms with Crippen molar-refractivity contribution in [2.24, 2.45) is 5.73 Å². The fourth-order valence-electron chi connectivity index (χ4n) is 1.21. The molecule has 3 nitrogen and oxygen atoms in total. The Kier molecular flexibility index (Phi) is 4.25. The first-order valence-corrected chi connectivity index (χ1v) is 5.09. The van der Waals surface area contributed by atoms with Gasteiger partial charge in [0.15, 0.2) is 0 Å². The van der Waals surface area contributed by atoms with Crippen LogP contribution in [0.15, 0.2) is 0 Å². The van der Waals surface area contributed by atoms with Crippen LogP contribution in [0.25, 0.3) is 0 Å². The number of hydrogen-bond donors (Lipinski definition) is 2. The van der Waals surface area contributed by atoms with Gasteiger partial charge in [-0.3, -0.25) is 0 Å². The average Bonchev–Trinajstić information content (AvgIpc) is 2.45. The summed E-state index contributed by atoms with van der Waals surface area (Å²) in [6, 6.07) is 0. The lowest BCUT2D eigenvalue weighted by Gasteiger charge is -1.93. The molecule has 13 heavy (non-hydrogen) atoms. The zero-order valence-electron chi connectivity index (χ0n) is 7.94. The molecule has 1 heterocycles. The Labute approximate surface area is 83.7 Å². The molecule has 1 aromatic heterocycles. The van der Waals surface area contributed by atoms with Gasteiger partial charge in [-0.25, -0.2) is 4.98 Å². The van der Waals surface area contributed by atoms with Gasteiger partial charge in [-0.2, -0.15) is 0 Å². The number of halogens is 1. The van der Waals surface area contributed by atoms with Crippen molar-refractivity contribution in [2.75, 3.05) is 6.54 Å². The van der Waals surface area contributed by atoms with Crippen LogP contribution in [0.5, 0.6) is 0 Å². The van der Waals surface area contributed by atoms with Gasteiger partial charge in [-0.05, 0) is 13.0 Å². The van der Waals surface area contributed by atoms with Crippen molar-refractivity contribution in [3.63, 3.8) is 0 Å². The molecule has 0 amide bonds. The van der Waals surface area contributed by atoms with Crippen LogP contribution in [0, 0.1) is 0 Å². The lowest BCUT2D eigenvalue weighted by Crippen LogP contribution is -2.03. The van der Waals surface area contributed by atoms with E-state index in [0.29, 0.717) is 11.7 Å². The average molecular weight is 202 g/mol. The molecular formula is C9H16ClN3. The molecule has 0 spiro atoms. The summed E-state index contributed by atoms with van der Waals surface area (Å²) in [5.74, 6) is 0.982. The van der Waals surface area contributed by atoms with Crippen LogP contribution in [0.3, 0.4) is 0 Å². The predicted octanol–water partition coefficient (Wildman–Crippen LogP) is 1.91. The molecule has 0 aliphatic rings. The Hall–Kier alpha value is -0.540. The number of imidazole rings is 1. The van der Waals surface area contributed by atoms with Gasteiger partial charge in [-0.1, -0.05) is 24.9 Å². The van der Waals surface area contributed by atoms with Crippen LogP contribution in [-0.4, -0.2) is 16.5 Å². The summed E-state index contributed by atoms with van der Waals surface area (Å²) in [4.78, 5) is 7.42. The molecule has 3 N–H and O–H groups in total. The van der Waals surface area contributed by atoms with Gasteiger partial charge in [0, 0.05) is 12.8 Å². The molecule has 0 fully saturated rings. The maximum Gasteiger partial charge on any atom is 0.150 e. The third-order valence-corrected chi connectivity index (χ3v) is 2.25. The van der Waals surface area contributed by atoms with Crippen molar-refractivity contribution in [1.82, 2.24) is 9.97 Å².